The number of rotatable bonds is 3. The fraction of sp³-hybridized carbons (Fsp3) is 0. The van der Waals surface area contributed by atoms with Gasteiger partial charge in [0.25, 0.3) is 0 Å². The molecule has 5 heteroatoms. The summed E-state index contributed by atoms with van der Waals surface area (Å²) >= 11 is 7.46. The van der Waals surface area contributed by atoms with Crippen LogP contribution in [-0.2, 0) is 0 Å². The van der Waals surface area contributed by atoms with Crippen molar-refractivity contribution in [2.75, 3.05) is 0 Å². The van der Waals surface area contributed by atoms with Crippen molar-refractivity contribution in [1.82, 2.24) is 9.97 Å². The van der Waals surface area contributed by atoms with Crippen molar-refractivity contribution in [2.45, 2.75) is 0 Å². The molecule has 0 saturated carbocycles. The van der Waals surface area contributed by atoms with Gasteiger partial charge in [-0.2, -0.15) is 5.26 Å². The Morgan fingerprint density at radius 3 is 2.73 bits per heavy atom. The smallest absolute Gasteiger partial charge is 0.124 e. The highest BCUT2D eigenvalue weighted by molar-refractivity contribution is 7.13. The van der Waals surface area contributed by atoms with E-state index in [1.807, 2.05) is 47.9 Å². The second-order valence-electron chi connectivity index (χ2n) is 4.49. The maximum atomic E-state index is 9.04. The van der Waals surface area contributed by atoms with E-state index < -0.39 is 0 Å². The standard InChI is InChI=1S/C17H10ClN3S/c18-15-4-1-13(2-5-15)17-21-16(11-22-17)6-3-12-7-8-20-10-14(12)9-19/h1-8,10-11H/b6-3+. The molecular weight excluding hydrogens is 314 g/mol. The molecule has 0 aliphatic carbocycles. The summed E-state index contributed by atoms with van der Waals surface area (Å²) in [6.45, 7) is 0. The van der Waals surface area contributed by atoms with E-state index in [1.165, 1.54) is 0 Å². The summed E-state index contributed by atoms with van der Waals surface area (Å²) in [4.78, 5) is 8.51. The highest BCUT2D eigenvalue weighted by Gasteiger charge is 2.03. The lowest BCUT2D eigenvalue weighted by Crippen LogP contribution is -1.83. The van der Waals surface area contributed by atoms with E-state index in [9.17, 15) is 0 Å². The average molecular weight is 324 g/mol. The van der Waals surface area contributed by atoms with Crippen molar-refractivity contribution in [2.24, 2.45) is 0 Å². The highest BCUT2D eigenvalue weighted by Crippen LogP contribution is 2.25. The van der Waals surface area contributed by atoms with Crippen LogP contribution in [0.1, 0.15) is 16.8 Å². The lowest BCUT2D eigenvalue weighted by molar-refractivity contribution is 1.29. The number of benzene rings is 1. The molecule has 0 spiro atoms. The van der Waals surface area contributed by atoms with Gasteiger partial charge in [-0.05, 0) is 29.8 Å². The van der Waals surface area contributed by atoms with E-state index >= 15 is 0 Å². The average Bonchev–Trinajstić information content (AvgIpc) is 3.03. The predicted molar refractivity (Wildman–Crippen MR) is 90.4 cm³/mol. The van der Waals surface area contributed by atoms with Crippen LogP contribution >= 0.6 is 22.9 Å². The summed E-state index contributed by atoms with van der Waals surface area (Å²) < 4.78 is 0. The number of pyridine rings is 1. The fourth-order valence-corrected chi connectivity index (χ4v) is 2.83. The van der Waals surface area contributed by atoms with Crippen LogP contribution in [0, 0.1) is 11.3 Å². The Morgan fingerprint density at radius 1 is 1.14 bits per heavy atom. The van der Waals surface area contributed by atoms with Gasteiger partial charge in [-0.1, -0.05) is 29.8 Å². The van der Waals surface area contributed by atoms with Gasteiger partial charge in [-0.3, -0.25) is 4.98 Å². The number of hydrogen-bond donors (Lipinski definition) is 0. The molecule has 3 rings (SSSR count). The molecule has 22 heavy (non-hydrogen) atoms. The van der Waals surface area contributed by atoms with Gasteiger partial charge in [-0.25, -0.2) is 4.98 Å². The van der Waals surface area contributed by atoms with Crippen molar-refractivity contribution in [3.63, 3.8) is 0 Å². The molecule has 3 nitrogen and oxygen atoms in total. The Kier molecular flexibility index (Phi) is 4.29. The number of nitrogens with zero attached hydrogens (tertiary/aromatic N) is 3. The molecule has 2 heterocycles. The Bertz CT molecular complexity index is 860. The van der Waals surface area contributed by atoms with E-state index in [2.05, 4.69) is 16.0 Å². The third-order valence-corrected chi connectivity index (χ3v) is 4.18. The molecule has 0 aliphatic rings. The van der Waals surface area contributed by atoms with Crippen LogP contribution in [0.5, 0.6) is 0 Å². The molecule has 0 radical (unpaired) electrons. The Balaban J connectivity index is 1.84. The van der Waals surface area contributed by atoms with Crippen molar-refractivity contribution in [3.8, 4) is 16.6 Å². The first-order valence-electron chi connectivity index (χ1n) is 6.50. The van der Waals surface area contributed by atoms with E-state index in [0.717, 1.165) is 21.8 Å². The van der Waals surface area contributed by atoms with Gasteiger partial charge in [0, 0.05) is 28.4 Å². The van der Waals surface area contributed by atoms with E-state index in [-0.39, 0.29) is 0 Å². The molecule has 0 fully saturated rings. The van der Waals surface area contributed by atoms with E-state index in [0.29, 0.717) is 10.6 Å². The summed E-state index contributed by atoms with van der Waals surface area (Å²) in [5, 5.41) is 12.7. The minimum atomic E-state index is 0.548. The van der Waals surface area contributed by atoms with Crippen molar-refractivity contribution in [1.29, 1.82) is 5.26 Å². The van der Waals surface area contributed by atoms with Crippen LogP contribution in [0.15, 0.2) is 48.1 Å². The molecule has 0 N–H and O–H groups in total. The van der Waals surface area contributed by atoms with Gasteiger partial charge in [0.15, 0.2) is 0 Å². The molecule has 106 valence electrons. The molecule has 0 amide bonds. The summed E-state index contributed by atoms with van der Waals surface area (Å²) in [7, 11) is 0. The second kappa shape index (κ2) is 6.52. The quantitative estimate of drug-likeness (QED) is 0.688. The Hall–Kier alpha value is -2.48. The second-order valence-corrected chi connectivity index (χ2v) is 5.79. The first-order valence-corrected chi connectivity index (χ1v) is 7.76. The molecule has 0 bridgehead atoms. The molecular formula is C17H10ClN3S. The minimum absolute atomic E-state index is 0.548. The number of thiazole rings is 1. The third-order valence-electron chi connectivity index (χ3n) is 3.02. The number of hydrogen-bond acceptors (Lipinski definition) is 4. The van der Waals surface area contributed by atoms with Crippen LogP contribution in [0.25, 0.3) is 22.7 Å². The molecule has 0 atom stereocenters. The van der Waals surface area contributed by atoms with Crippen LogP contribution in [-0.4, -0.2) is 9.97 Å². The van der Waals surface area contributed by atoms with Gasteiger partial charge >= 0.3 is 0 Å². The predicted octanol–water partition coefficient (Wildman–Crippen LogP) is 4.90. The maximum Gasteiger partial charge on any atom is 0.124 e. The van der Waals surface area contributed by atoms with Gasteiger partial charge in [0.2, 0.25) is 0 Å². The normalized spacial score (nSPS) is 10.7. The third kappa shape index (κ3) is 3.22. The molecule has 2 aromatic heterocycles. The zero-order chi connectivity index (χ0) is 15.4. The van der Waals surface area contributed by atoms with Gasteiger partial charge in [0.1, 0.15) is 11.1 Å². The highest BCUT2D eigenvalue weighted by atomic mass is 35.5. The molecule has 0 aliphatic heterocycles. The largest absolute Gasteiger partial charge is 0.263 e. The van der Waals surface area contributed by atoms with Gasteiger partial charge in [-0.15, -0.1) is 11.3 Å². The lowest BCUT2D eigenvalue weighted by Gasteiger charge is -1.96. The number of nitriles is 1. The van der Waals surface area contributed by atoms with Crippen molar-refractivity contribution < 1.29 is 0 Å². The van der Waals surface area contributed by atoms with Crippen LogP contribution in [0.3, 0.4) is 0 Å². The van der Waals surface area contributed by atoms with Gasteiger partial charge in [0.05, 0.1) is 11.3 Å². The van der Waals surface area contributed by atoms with Crippen LogP contribution in [0.4, 0.5) is 0 Å². The maximum absolute atomic E-state index is 9.04. The molecule has 3 aromatic rings. The van der Waals surface area contributed by atoms with E-state index in [1.54, 1.807) is 23.7 Å². The summed E-state index contributed by atoms with van der Waals surface area (Å²) in [5.74, 6) is 0. The molecule has 0 unspecified atom stereocenters. The van der Waals surface area contributed by atoms with Crippen LogP contribution < -0.4 is 0 Å². The van der Waals surface area contributed by atoms with Crippen molar-refractivity contribution >= 4 is 35.1 Å². The summed E-state index contributed by atoms with van der Waals surface area (Å²) in [6.07, 6.45) is 6.99. The van der Waals surface area contributed by atoms with Gasteiger partial charge < -0.3 is 0 Å². The minimum Gasteiger partial charge on any atom is -0.263 e. The molecule has 0 saturated heterocycles. The summed E-state index contributed by atoms with van der Waals surface area (Å²) in [6, 6.07) is 11.5. The Morgan fingerprint density at radius 2 is 1.95 bits per heavy atom. The topological polar surface area (TPSA) is 49.6 Å². The monoisotopic (exact) mass is 323 g/mol. The first-order chi connectivity index (χ1) is 10.8. The fourth-order valence-electron chi connectivity index (χ4n) is 1.91. The molecule has 1 aromatic carbocycles. The van der Waals surface area contributed by atoms with Crippen LogP contribution in [0.2, 0.25) is 5.02 Å². The lowest BCUT2D eigenvalue weighted by atomic mass is 10.1. The number of aromatic nitrogens is 2. The SMILES string of the molecule is N#Cc1cnccc1/C=C/c1csc(-c2ccc(Cl)cc2)n1. The first kappa shape index (κ1) is 14.5. The summed E-state index contributed by atoms with van der Waals surface area (Å²) in [5.41, 5.74) is 3.27. The van der Waals surface area contributed by atoms with Crippen molar-refractivity contribution in [3.05, 3.63) is 69.9 Å². The zero-order valence-corrected chi connectivity index (χ0v) is 13.0. The number of halogens is 1. The Labute approximate surface area is 137 Å². The zero-order valence-electron chi connectivity index (χ0n) is 11.4. The van der Waals surface area contributed by atoms with E-state index in [4.69, 9.17) is 16.9 Å².